The Hall–Kier alpha value is -1.69. The van der Waals surface area contributed by atoms with E-state index in [1.54, 1.807) is 6.07 Å². The average molecular weight is 284 g/mol. The summed E-state index contributed by atoms with van der Waals surface area (Å²) in [6.07, 6.45) is 1.25. The Balaban J connectivity index is 2.30. The third kappa shape index (κ3) is 2.46. The SMILES string of the molecule is Nc1cc(Oc2cc(Br)ccc2F)ncn1. The Bertz CT molecular complexity index is 521. The molecule has 0 spiro atoms. The molecule has 2 aromatic rings. The molecule has 82 valence electrons. The van der Waals surface area contributed by atoms with Crippen molar-refractivity contribution in [1.29, 1.82) is 0 Å². The molecule has 16 heavy (non-hydrogen) atoms. The summed E-state index contributed by atoms with van der Waals surface area (Å²) >= 11 is 3.22. The van der Waals surface area contributed by atoms with Gasteiger partial charge < -0.3 is 10.5 Å². The lowest BCUT2D eigenvalue weighted by Gasteiger charge is -2.05. The van der Waals surface area contributed by atoms with Crippen molar-refractivity contribution < 1.29 is 9.13 Å². The molecule has 1 aromatic carbocycles. The van der Waals surface area contributed by atoms with Crippen molar-refractivity contribution in [3.63, 3.8) is 0 Å². The fourth-order valence-corrected chi connectivity index (χ4v) is 1.42. The van der Waals surface area contributed by atoms with E-state index in [-0.39, 0.29) is 17.4 Å². The number of nitrogen functional groups attached to an aromatic ring is 1. The van der Waals surface area contributed by atoms with Crippen molar-refractivity contribution in [3.05, 3.63) is 40.9 Å². The molecule has 0 aliphatic rings. The standard InChI is InChI=1S/C10H7BrFN3O/c11-6-1-2-7(12)8(3-6)16-10-4-9(13)14-5-15-10/h1-5H,(H2,13,14,15). The number of hydrogen-bond donors (Lipinski definition) is 1. The largest absolute Gasteiger partial charge is 0.436 e. The van der Waals surface area contributed by atoms with Gasteiger partial charge in [-0.3, -0.25) is 0 Å². The second kappa shape index (κ2) is 4.44. The molecule has 6 heteroatoms. The highest BCUT2D eigenvalue weighted by atomic mass is 79.9. The van der Waals surface area contributed by atoms with Gasteiger partial charge in [0, 0.05) is 10.5 Å². The summed E-state index contributed by atoms with van der Waals surface area (Å²) in [5.74, 6) is 0.0674. The summed E-state index contributed by atoms with van der Waals surface area (Å²) in [5.41, 5.74) is 5.45. The van der Waals surface area contributed by atoms with Gasteiger partial charge in [0.25, 0.3) is 0 Å². The lowest BCUT2D eigenvalue weighted by molar-refractivity contribution is 0.426. The molecule has 0 radical (unpaired) electrons. The van der Waals surface area contributed by atoms with Gasteiger partial charge >= 0.3 is 0 Å². The fourth-order valence-electron chi connectivity index (χ4n) is 1.08. The Morgan fingerprint density at radius 1 is 1.25 bits per heavy atom. The number of nitrogens with zero attached hydrogens (tertiary/aromatic N) is 2. The van der Waals surface area contributed by atoms with Gasteiger partial charge in [0.2, 0.25) is 5.88 Å². The van der Waals surface area contributed by atoms with E-state index in [2.05, 4.69) is 25.9 Å². The van der Waals surface area contributed by atoms with Crippen molar-refractivity contribution >= 4 is 21.7 Å². The molecule has 0 aliphatic heterocycles. The summed E-state index contributed by atoms with van der Waals surface area (Å²) in [6.45, 7) is 0. The molecular formula is C10H7BrFN3O. The molecule has 1 aromatic heterocycles. The van der Waals surface area contributed by atoms with Crippen LogP contribution in [0.25, 0.3) is 0 Å². The van der Waals surface area contributed by atoms with Crippen LogP contribution in [-0.2, 0) is 0 Å². The van der Waals surface area contributed by atoms with E-state index in [1.807, 2.05) is 0 Å². The highest BCUT2D eigenvalue weighted by Crippen LogP contribution is 2.26. The van der Waals surface area contributed by atoms with E-state index in [4.69, 9.17) is 10.5 Å². The number of ether oxygens (including phenoxy) is 1. The van der Waals surface area contributed by atoms with Gasteiger partial charge in [-0.15, -0.1) is 0 Å². The topological polar surface area (TPSA) is 61.0 Å². The minimum atomic E-state index is -0.472. The maximum absolute atomic E-state index is 13.3. The van der Waals surface area contributed by atoms with Crippen LogP contribution < -0.4 is 10.5 Å². The minimum absolute atomic E-state index is 0.0764. The van der Waals surface area contributed by atoms with Crippen LogP contribution in [0.5, 0.6) is 11.6 Å². The van der Waals surface area contributed by atoms with Crippen LogP contribution >= 0.6 is 15.9 Å². The Labute approximate surface area is 99.4 Å². The van der Waals surface area contributed by atoms with Gasteiger partial charge in [-0.05, 0) is 18.2 Å². The van der Waals surface area contributed by atoms with E-state index in [9.17, 15) is 4.39 Å². The molecular weight excluding hydrogens is 277 g/mol. The lowest BCUT2D eigenvalue weighted by Crippen LogP contribution is -1.95. The van der Waals surface area contributed by atoms with Gasteiger partial charge in [-0.1, -0.05) is 15.9 Å². The predicted molar refractivity (Wildman–Crippen MR) is 60.6 cm³/mol. The Morgan fingerprint density at radius 3 is 2.81 bits per heavy atom. The maximum atomic E-state index is 13.3. The van der Waals surface area contributed by atoms with Crippen LogP contribution in [0, 0.1) is 5.82 Å². The van der Waals surface area contributed by atoms with Gasteiger partial charge in [-0.2, -0.15) is 0 Å². The molecule has 2 N–H and O–H groups in total. The molecule has 0 bridgehead atoms. The zero-order valence-electron chi connectivity index (χ0n) is 8.02. The summed E-state index contributed by atoms with van der Waals surface area (Å²) in [4.78, 5) is 7.52. The maximum Gasteiger partial charge on any atom is 0.224 e. The zero-order chi connectivity index (χ0) is 11.5. The van der Waals surface area contributed by atoms with E-state index in [0.29, 0.717) is 4.47 Å². The second-order valence-electron chi connectivity index (χ2n) is 2.96. The molecule has 4 nitrogen and oxygen atoms in total. The van der Waals surface area contributed by atoms with Crippen LogP contribution in [0.3, 0.4) is 0 Å². The van der Waals surface area contributed by atoms with Gasteiger partial charge in [0.05, 0.1) is 0 Å². The highest BCUT2D eigenvalue weighted by Gasteiger charge is 2.06. The molecule has 0 saturated carbocycles. The first-order valence-corrected chi connectivity index (χ1v) is 5.15. The highest BCUT2D eigenvalue weighted by molar-refractivity contribution is 9.10. The monoisotopic (exact) mass is 283 g/mol. The number of aromatic nitrogens is 2. The van der Waals surface area contributed by atoms with Crippen molar-refractivity contribution in [2.45, 2.75) is 0 Å². The fraction of sp³-hybridized carbons (Fsp3) is 0. The van der Waals surface area contributed by atoms with Crippen LogP contribution in [0.2, 0.25) is 0 Å². The second-order valence-corrected chi connectivity index (χ2v) is 3.87. The van der Waals surface area contributed by atoms with Crippen molar-refractivity contribution in [1.82, 2.24) is 9.97 Å². The number of nitrogens with two attached hydrogens (primary N) is 1. The first-order chi connectivity index (χ1) is 7.65. The number of rotatable bonds is 2. The quantitative estimate of drug-likeness (QED) is 0.921. The van der Waals surface area contributed by atoms with Crippen molar-refractivity contribution in [2.75, 3.05) is 5.73 Å². The normalized spacial score (nSPS) is 10.1. The molecule has 1 heterocycles. The zero-order valence-corrected chi connectivity index (χ0v) is 9.61. The van der Waals surface area contributed by atoms with Crippen LogP contribution in [-0.4, -0.2) is 9.97 Å². The molecule has 0 amide bonds. The predicted octanol–water partition coefficient (Wildman–Crippen LogP) is 2.75. The average Bonchev–Trinajstić information content (AvgIpc) is 2.24. The molecule has 0 fully saturated rings. The third-order valence-electron chi connectivity index (χ3n) is 1.77. The van der Waals surface area contributed by atoms with Gasteiger partial charge in [-0.25, -0.2) is 14.4 Å². The van der Waals surface area contributed by atoms with Crippen LogP contribution in [0.1, 0.15) is 0 Å². The van der Waals surface area contributed by atoms with Crippen LogP contribution in [0.15, 0.2) is 35.1 Å². The number of benzene rings is 1. The van der Waals surface area contributed by atoms with Crippen molar-refractivity contribution in [3.8, 4) is 11.6 Å². The molecule has 2 rings (SSSR count). The number of hydrogen-bond acceptors (Lipinski definition) is 4. The van der Waals surface area contributed by atoms with E-state index >= 15 is 0 Å². The van der Waals surface area contributed by atoms with E-state index in [1.165, 1.54) is 24.5 Å². The summed E-state index contributed by atoms with van der Waals surface area (Å²) < 4.78 is 19.3. The minimum Gasteiger partial charge on any atom is -0.436 e. The number of anilines is 1. The molecule has 0 aliphatic carbocycles. The van der Waals surface area contributed by atoms with Crippen molar-refractivity contribution in [2.24, 2.45) is 0 Å². The lowest BCUT2D eigenvalue weighted by atomic mass is 10.3. The van der Waals surface area contributed by atoms with Crippen LogP contribution in [0.4, 0.5) is 10.2 Å². The first-order valence-electron chi connectivity index (χ1n) is 4.35. The Morgan fingerprint density at radius 2 is 2.06 bits per heavy atom. The first kappa shape index (κ1) is 10.8. The summed E-state index contributed by atoms with van der Waals surface area (Å²) in [7, 11) is 0. The van der Waals surface area contributed by atoms with Gasteiger partial charge in [0.15, 0.2) is 11.6 Å². The van der Waals surface area contributed by atoms with Gasteiger partial charge in [0.1, 0.15) is 12.1 Å². The molecule has 0 saturated heterocycles. The third-order valence-corrected chi connectivity index (χ3v) is 2.26. The summed E-state index contributed by atoms with van der Waals surface area (Å²) in [6, 6.07) is 5.80. The molecule has 0 unspecified atom stereocenters. The van der Waals surface area contributed by atoms with E-state index < -0.39 is 5.82 Å². The molecule has 0 atom stereocenters. The summed E-state index contributed by atoms with van der Waals surface area (Å²) in [5, 5.41) is 0. The smallest absolute Gasteiger partial charge is 0.224 e. The van der Waals surface area contributed by atoms with E-state index in [0.717, 1.165) is 0 Å². The number of halogens is 2. The Kier molecular flexibility index (Phi) is 3.00.